The van der Waals surface area contributed by atoms with Gasteiger partial charge in [-0.05, 0) is 41.9 Å². The van der Waals surface area contributed by atoms with Crippen LogP contribution in [0, 0.1) is 11.7 Å². The van der Waals surface area contributed by atoms with Crippen LogP contribution >= 0.6 is 0 Å². The van der Waals surface area contributed by atoms with Gasteiger partial charge >= 0.3 is 5.97 Å². The van der Waals surface area contributed by atoms with Gasteiger partial charge in [0.15, 0.2) is 0 Å². The highest BCUT2D eigenvalue weighted by Crippen LogP contribution is 2.32. The minimum absolute atomic E-state index is 0.105. The van der Waals surface area contributed by atoms with Crippen molar-refractivity contribution in [2.24, 2.45) is 5.92 Å². The van der Waals surface area contributed by atoms with E-state index >= 15 is 0 Å². The first-order valence-corrected chi connectivity index (χ1v) is 8.77. The summed E-state index contributed by atoms with van der Waals surface area (Å²) in [4.78, 5) is 15.6. The Morgan fingerprint density at radius 2 is 2.00 bits per heavy atom. The van der Waals surface area contributed by atoms with Crippen molar-refractivity contribution in [3.05, 3.63) is 29.6 Å². The van der Waals surface area contributed by atoms with E-state index in [4.69, 9.17) is 0 Å². The highest BCUT2D eigenvalue weighted by Gasteiger charge is 2.36. The second kappa shape index (κ2) is 6.36. The van der Waals surface area contributed by atoms with Crippen molar-refractivity contribution < 1.29 is 14.3 Å². The first kappa shape index (κ1) is 17.2. The fraction of sp³-hybridized carbons (Fsp3) is 0.632. The third-order valence-corrected chi connectivity index (χ3v) is 5.12. The Balaban J connectivity index is 1.76. The van der Waals surface area contributed by atoms with E-state index in [1.807, 2.05) is 11.0 Å². The minimum atomic E-state index is -0.813. The topological polar surface area (TPSA) is 43.8 Å². The standard InChI is InChI=1S/C19H27FN2O2/c1-19(2,3)14-6-7-16(15(20)10-14)22-9-8-21(11-13-4-5-13)17(12-22)18(23)24/h6-7,10,13,17H,4-5,8-9,11-12H2,1-3H3,(H,23,24)/t17-/m0/s1. The van der Waals surface area contributed by atoms with Crippen LogP contribution in [0.4, 0.5) is 10.1 Å². The van der Waals surface area contributed by atoms with Crippen LogP contribution in [0.3, 0.4) is 0 Å². The van der Waals surface area contributed by atoms with Crippen LogP contribution in [-0.2, 0) is 10.2 Å². The molecule has 3 rings (SSSR count). The highest BCUT2D eigenvalue weighted by molar-refractivity contribution is 5.75. The van der Waals surface area contributed by atoms with E-state index in [0.717, 1.165) is 12.1 Å². The molecular formula is C19H27FN2O2. The van der Waals surface area contributed by atoms with Crippen LogP contribution in [0.25, 0.3) is 0 Å². The maximum atomic E-state index is 14.6. The average molecular weight is 334 g/mol. The monoisotopic (exact) mass is 334 g/mol. The number of carbonyl (C=O) groups is 1. The molecule has 1 N–H and O–H groups in total. The Kier molecular flexibility index (Phi) is 4.56. The van der Waals surface area contributed by atoms with Gasteiger partial charge in [-0.15, -0.1) is 0 Å². The van der Waals surface area contributed by atoms with Crippen molar-refractivity contribution in [3.8, 4) is 0 Å². The molecule has 2 fully saturated rings. The third kappa shape index (κ3) is 3.72. The van der Waals surface area contributed by atoms with Crippen molar-refractivity contribution in [3.63, 3.8) is 0 Å². The predicted octanol–water partition coefficient (Wildman–Crippen LogP) is 3.11. The van der Waals surface area contributed by atoms with Crippen molar-refractivity contribution in [2.45, 2.75) is 45.1 Å². The van der Waals surface area contributed by atoms with Gasteiger partial charge in [-0.3, -0.25) is 9.69 Å². The summed E-state index contributed by atoms with van der Waals surface area (Å²) in [5, 5.41) is 9.56. The summed E-state index contributed by atoms with van der Waals surface area (Å²) in [6.45, 7) is 8.70. The Labute approximate surface area is 143 Å². The summed E-state index contributed by atoms with van der Waals surface area (Å²) in [6, 6.07) is 4.78. The fourth-order valence-corrected chi connectivity index (χ4v) is 3.35. The number of anilines is 1. The molecule has 4 nitrogen and oxygen atoms in total. The van der Waals surface area contributed by atoms with Crippen LogP contribution in [0.1, 0.15) is 39.2 Å². The molecule has 0 radical (unpaired) electrons. The first-order chi connectivity index (χ1) is 11.3. The molecule has 0 bridgehead atoms. The zero-order chi connectivity index (χ0) is 17.5. The van der Waals surface area contributed by atoms with E-state index in [2.05, 4.69) is 25.7 Å². The van der Waals surface area contributed by atoms with Gasteiger partial charge in [-0.1, -0.05) is 26.8 Å². The quantitative estimate of drug-likeness (QED) is 0.919. The molecular weight excluding hydrogens is 307 g/mol. The summed E-state index contributed by atoms with van der Waals surface area (Å²) >= 11 is 0. The number of carboxylic acids is 1. The molecule has 1 saturated heterocycles. The highest BCUT2D eigenvalue weighted by atomic mass is 19.1. The zero-order valence-electron chi connectivity index (χ0n) is 14.8. The number of piperazine rings is 1. The molecule has 1 aliphatic carbocycles. The number of benzene rings is 1. The summed E-state index contributed by atoms with van der Waals surface area (Å²) in [5.41, 5.74) is 1.36. The lowest BCUT2D eigenvalue weighted by Gasteiger charge is -2.40. The fourth-order valence-electron chi connectivity index (χ4n) is 3.35. The van der Waals surface area contributed by atoms with Crippen LogP contribution < -0.4 is 4.90 Å². The van der Waals surface area contributed by atoms with Crippen molar-refractivity contribution in [2.75, 3.05) is 31.1 Å². The molecule has 0 aromatic heterocycles. The molecule has 0 spiro atoms. The molecule has 1 aromatic carbocycles. The van der Waals surface area contributed by atoms with Crippen molar-refractivity contribution in [1.82, 2.24) is 4.90 Å². The molecule has 1 aromatic rings. The van der Waals surface area contributed by atoms with Crippen LogP contribution in [-0.4, -0.2) is 48.2 Å². The van der Waals surface area contributed by atoms with Crippen molar-refractivity contribution >= 4 is 11.7 Å². The van der Waals surface area contributed by atoms with Gasteiger partial charge in [0, 0.05) is 26.2 Å². The van der Waals surface area contributed by atoms with E-state index in [-0.39, 0.29) is 11.2 Å². The number of aliphatic carboxylic acids is 1. The summed E-state index contributed by atoms with van der Waals surface area (Å²) in [5.74, 6) is -0.421. The van der Waals surface area contributed by atoms with Crippen LogP contribution in [0.2, 0.25) is 0 Å². The molecule has 0 amide bonds. The number of rotatable bonds is 4. The van der Waals surface area contributed by atoms with Gasteiger partial charge in [0.2, 0.25) is 0 Å². The second-order valence-electron chi connectivity index (χ2n) is 8.15. The van der Waals surface area contributed by atoms with Crippen molar-refractivity contribution in [1.29, 1.82) is 0 Å². The molecule has 1 saturated carbocycles. The van der Waals surface area contributed by atoms with Gasteiger partial charge < -0.3 is 10.0 Å². The van der Waals surface area contributed by atoms with Crippen LogP contribution in [0.5, 0.6) is 0 Å². The lowest BCUT2D eigenvalue weighted by Crippen LogP contribution is -2.57. The summed E-state index contributed by atoms with van der Waals surface area (Å²) in [7, 11) is 0. The lowest BCUT2D eigenvalue weighted by molar-refractivity contribution is -0.143. The predicted molar refractivity (Wildman–Crippen MR) is 93.0 cm³/mol. The molecule has 5 heteroatoms. The van der Waals surface area contributed by atoms with E-state index in [1.165, 1.54) is 12.8 Å². The average Bonchev–Trinajstić information content (AvgIpc) is 3.30. The van der Waals surface area contributed by atoms with E-state index in [0.29, 0.717) is 31.2 Å². The minimum Gasteiger partial charge on any atom is -0.480 e. The molecule has 0 unspecified atom stereocenters. The number of nitrogens with zero attached hydrogens (tertiary/aromatic N) is 2. The molecule has 1 aliphatic heterocycles. The largest absolute Gasteiger partial charge is 0.480 e. The maximum Gasteiger partial charge on any atom is 0.322 e. The summed E-state index contributed by atoms with van der Waals surface area (Å²) < 4.78 is 14.6. The Morgan fingerprint density at radius 3 is 2.54 bits per heavy atom. The van der Waals surface area contributed by atoms with Gasteiger partial charge in [-0.2, -0.15) is 0 Å². The molecule has 132 valence electrons. The second-order valence-corrected chi connectivity index (χ2v) is 8.15. The van der Waals surface area contributed by atoms with Gasteiger partial charge in [-0.25, -0.2) is 4.39 Å². The normalized spacial score (nSPS) is 22.7. The number of carboxylic acid groups (broad SMARTS) is 1. The Bertz CT molecular complexity index is 622. The SMILES string of the molecule is CC(C)(C)c1ccc(N2CCN(CC3CC3)[C@H](C(=O)O)C2)c(F)c1. The van der Waals surface area contributed by atoms with E-state index in [9.17, 15) is 14.3 Å². The molecule has 2 aliphatic rings. The van der Waals surface area contributed by atoms with E-state index < -0.39 is 12.0 Å². The number of hydrogen-bond donors (Lipinski definition) is 1. The number of halogens is 1. The Hall–Kier alpha value is -1.62. The number of hydrogen-bond acceptors (Lipinski definition) is 3. The third-order valence-electron chi connectivity index (χ3n) is 5.12. The molecule has 24 heavy (non-hydrogen) atoms. The van der Waals surface area contributed by atoms with Gasteiger partial charge in [0.25, 0.3) is 0 Å². The molecule has 1 atom stereocenters. The Morgan fingerprint density at radius 1 is 1.29 bits per heavy atom. The summed E-state index contributed by atoms with van der Waals surface area (Å²) in [6.07, 6.45) is 2.41. The van der Waals surface area contributed by atoms with Gasteiger partial charge in [0.05, 0.1) is 5.69 Å². The smallest absolute Gasteiger partial charge is 0.322 e. The van der Waals surface area contributed by atoms with Crippen LogP contribution in [0.15, 0.2) is 18.2 Å². The zero-order valence-corrected chi connectivity index (χ0v) is 14.8. The maximum absolute atomic E-state index is 14.6. The van der Waals surface area contributed by atoms with Gasteiger partial charge in [0.1, 0.15) is 11.9 Å². The lowest BCUT2D eigenvalue weighted by atomic mass is 9.87. The molecule has 1 heterocycles. The van der Waals surface area contributed by atoms with E-state index in [1.54, 1.807) is 12.1 Å². The first-order valence-electron chi connectivity index (χ1n) is 8.77.